The monoisotopic (exact) mass is 300 g/mol. The summed E-state index contributed by atoms with van der Waals surface area (Å²) in [6.07, 6.45) is 4.18. The van der Waals surface area contributed by atoms with Crippen LogP contribution in [0.1, 0.15) is 0 Å². The average Bonchev–Trinajstić information content (AvgIpc) is 2.47. The molecule has 1 heterocycles. The van der Waals surface area contributed by atoms with Gasteiger partial charge in [-0.25, -0.2) is 9.13 Å². The van der Waals surface area contributed by atoms with Gasteiger partial charge in [-0.2, -0.15) is 0 Å². The first-order valence-corrected chi connectivity index (χ1v) is 4.34. The van der Waals surface area contributed by atoms with Crippen molar-refractivity contribution in [1.29, 1.82) is 0 Å². The minimum Gasteiger partial charge on any atom is -1.00 e. The molecule has 0 aliphatic carbocycles. The highest BCUT2D eigenvalue weighted by atomic mass is 127. The molecule has 1 aromatic carbocycles. The van der Waals surface area contributed by atoms with Gasteiger partial charge in [0.05, 0.1) is 14.1 Å². The molecule has 0 atom stereocenters. The maximum Gasteiger partial charge on any atom is 0.243 e. The van der Waals surface area contributed by atoms with E-state index in [1.54, 1.807) is 0 Å². The van der Waals surface area contributed by atoms with Crippen LogP contribution < -0.4 is 28.5 Å². The minimum absolute atomic E-state index is 0. The molecule has 0 spiro atoms. The number of hydrogen-bond acceptors (Lipinski definition) is 0. The maximum absolute atomic E-state index is 2.12. The normalized spacial score (nSPS) is 9.57. The van der Waals surface area contributed by atoms with Gasteiger partial charge in [-0.15, -0.1) is 0 Å². The third kappa shape index (κ3) is 2.15. The lowest BCUT2D eigenvalue weighted by Crippen LogP contribution is -3.00. The van der Waals surface area contributed by atoms with Crippen molar-refractivity contribution in [1.82, 2.24) is 4.57 Å². The number of aryl methyl sites for hydroxylation is 2. The zero-order valence-electron chi connectivity index (χ0n) is 8.31. The number of halogens is 1. The topological polar surface area (TPSA) is 8.81 Å². The summed E-state index contributed by atoms with van der Waals surface area (Å²) in [7, 11) is 4.09. The standard InChI is InChI=1S/C11H13N2.HI/c1-12-8-11(13(2)9-12)10-6-4-3-5-7-10;/h3-9H,1-2H3;1H/q+1;/p-1. The van der Waals surface area contributed by atoms with Gasteiger partial charge in [0.2, 0.25) is 6.33 Å². The summed E-state index contributed by atoms with van der Waals surface area (Å²) in [4.78, 5) is 0. The Labute approximate surface area is 101 Å². The van der Waals surface area contributed by atoms with Crippen molar-refractivity contribution in [3.05, 3.63) is 42.9 Å². The highest BCUT2D eigenvalue weighted by Crippen LogP contribution is 2.15. The second-order valence-corrected chi connectivity index (χ2v) is 3.27. The lowest BCUT2D eigenvalue weighted by Gasteiger charge is -1.94. The smallest absolute Gasteiger partial charge is 0.243 e. The predicted octanol–water partition coefficient (Wildman–Crippen LogP) is -1.48. The number of imidazole rings is 1. The molecular formula is C11H13IN2. The molecule has 0 saturated heterocycles. The maximum atomic E-state index is 2.12. The van der Waals surface area contributed by atoms with Crippen LogP contribution in [0, 0.1) is 0 Å². The van der Waals surface area contributed by atoms with Gasteiger partial charge in [0.25, 0.3) is 0 Å². The van der Waals surface area contributed by atoms with Crippen molar-refractivity contribution in [3.63, 3.8) is 0 Å². The molecule has 74 valence electrons. The summed E-state index contributed by atoms with van der Waals surface area (Å²) in [5.41, 5.74) is 2.49. The Hall–Kier alpha value is -0.840. The first-order chi connectivity index (χ1) is 6.27. The Morgan fingerprint density at radius 2 is 1.79 bits per heavy atom. The largest absolute Gasteiger partial charge is 1.00 e. The van der Waals surface area contributed by atoms with E-state index in [9.17, 15) is 0 Å². The number of benzene rings is 1. The quantitative estimate of drug-likeness (QED) is 0.449. The van der Waals surface area contributed by atoms with Crippen LogP contribution in [-0.4, -0.2) is 4.57 Å². The molecule has 0 N–H and O–H groups in total. The first-order valence-electron chi connectivity index (χ1n) is 4.34. The van der Waals surface area contributed by atoms with Crippen LogP contribution in [0.3, 0.4) is 0 Å². The number of nitrogens with zero attached hydrogens (tertiary/aromatic N) is 2. The highest BCUT2D eigenvalue weighted by molar-refractivity contribution is 5.57. The van der Waals surface area contributed by atoms with Gasteiger partial charge in [-0.1, -0.05) is 30.3 Å². The molecule has 0 aliphatic heterocycles. The Kier molecular flexibility index (Phi) is 3.69. The summed E-state index contributed by atoms with van der Waals surface area (Å²) >= 11 is 0. The summed E-state index contributed by atoms with van der Waals surface area (Å²) < 4.78 is 4.18. The van der Waals surface area contributed by atoms with Gasteiger partial charge in [-0.3, -0.25) is 0 Å². The molecule has 2 rings (SSSR count). The fraction of sp³-hybridized carbons (Fsp3) is 0.182. The molecule has 0 fully saturated rings. The third-order valence-corrected chi connectivity index (χ3v) is 2.13. The second kappa shape index (κ2) is 4.59. The van der Waals surface area contributed by atoms with Crippen molar-refractivity contribution in [2.45, 2.75) is 0 Å². The van der Waals surface area contributed by atoms with Crippen LogP contribution in [0.4, 0.5) is 0 Å². The fourth-order valence-corrected chi connectivity index (χ4v) is 1.54. The number of hydrogen-bond donors (Lipinski definition) is 0. The SMILES string of the molecule is Cn1c[n+](C)cc1-c1ccccc1.[I-]. The highest BCUT2D eigenvalue weighted by Gasteiger charge is 2.08. The van der Waals surface area contributed by atoms with Gasteiger partial charge >= 0.3 is 0 Å². The summed E-state index contributed by atoms with van der Waals surface area (Å²) in [6, 6.07) is 10.4. The van der Waals surface area contributed by atoms with E-state index in [-0.39, 0.29) is 24.0 Å². The molecule has 0 unspecified atom stereocenters. The van der Waals surface area contributed by atoms with E-state index in [1.165, 1.54) is 11.3 Å². The fourth-order valence-electron chi connectivity index (χ4n) is 1.54. The molecule has 2 aromatic rings. The average molecular weight is 300 g/mol. The molecule has 1 aromatic heterocycles. The van der Waals surface area contributed by atoms with Gasteiger partial charge in [0.1, 0.15) is 6.20 Å². The molecule has 0 bridgehead atoms. The molecule has 3 heteroatoms. The second-order valence-electron chi connectivity index (χ2n) is 3.27. The molecule has 0 radical (unpaired) electrons. The van der Waals surface area contributed by atoms with Crippen LogP contribution in [0.5, 0.6) is 0 Å². The van der Waals surface area contributed by atoms with Crippen LogP contribution >= 0.6 is 0 Å². The molecular weight excluding hydrogens is 287 g/mol. The van der Waals surface area contributed by atoms with E-state index in [0.717, 1.165) is 0 Å². The van der Waals surface area contributed by atoms with Crippen LogP contribution in [0.25, 0.3) is 11.3 Å². The predicted molar refractivity (Wildman–Crippen MR) is 52.0 cm³/mol. The molecule has 0 aliphatic rings. The van der Waals surface area contributed by atoms with Crippen molar-refractivity contribution < 1.29 is 28.5 Å². The molecule has 0 saturated carbocycles. The van der Waals surface area contributed by atoms with Crippen LogP contribution in [0.15, 0.2) is 42.9 Å². The van der Waals surface area contributed by atoms with Gasteiger partial charge in [0.15, 0.2) is 5.69 Å². The first kappa shape index (κ1) is 11.2. The van der Waals surface area contributed by atoms with E-state index in [1.807, 2.05) is 13.1 Å². The van der Waals surface area contributed by atoms with Crippen LogP contribution in [-0.2, 0) is 14.1 Å². The van der Waals surface area contributed by atoms with Crippen molar-refractivity contribution in [3.8, 4) is 11.3 Å². The van der Waals surface area contributed by atoms with E-state index in [0.29, 0.717) is 0 Å². The number of rotatable bonds is 1. The Balaban J connectivity index is 0.000000980. The molecule has 14 heavy (non-hydrogen) atoms. The summed E-state index contributed by atoms with van der Waals surface area (Å²) in [6.45, 7) is 0. The zero-order chi connectivity index (χ0) is 9.26. The zero-order valence-corrected chi connectivity index (χ0v) is 10.5. The minimum atomic E-state index is 0. The van der Waals surface area contributed by atoms with E-state index in [2.05, 4.69) is 53.0 Å². The molecule has 2 nitrogen and oxygen atoms in total. The van der Waals surface area contributed by atoms with E-state index >= 15 is 0 Å². The Morgan fingerprint density at radius 3 is 2.29 bits per heavy atom. The van der Waals surface area contributed by atoms with Crippen molar-refractivity contribution in [2.75, 3.05) is 0 Å². The third-order valence-electron chi connectivity index (χ3n) is 2.13. The van der Waals surface area contributed by atoms with E-state index < -0.39 is 0 Å². The van der Waals surface area contributed by atoms with Crippen LogP contribution in [0.2, 0.25) is 0 Å². The van der Waals surface area contributed by atoms with E-state index in [4.69, 9.17) is 0 Å². The lowest BCUT2D eigenvalue weighted by atomic mass is 10.2. The Morgan fingerprint density at radius 1 is 1.14 bits per heavy atom. The summed E-state index contributed by atoms with van der Waals surface area (Å²) in [5, 5.41) is 0. The van der Waals surface area contributed by atoms with Gasteiger partial charge < -0.3 is 24.0 Å². The summed E-state index contributed by atoms with van der Waals surface area (Å²) in [5.74, 6) is 0. The Bertz CT molecular complexity index is 406. The van der Waals surface area contributed by atoms with Crippen molar-refractivity contribution in [2.24, 2.45) is 14.1 Å². The number of aromatic nitrogens is 2. The van der Waals surface area contributed by atoms with Crippen molar-refractivity contribution >= 4 is 0 Å². The van der Waals surface area contributed by atoms with Gasteiger partial charge in [-0.05, 0) is 0 Å². The lowest BCUT2D eigenvalue weighted by molar-refractivity contribution is -0.670. The molecule has 0 amide bonds. The van der Waals surface area contributed by atoms with Gasteiger partial charge in [0, 0.05) is 5.56 Å².